The first-order valence-electron chi connectivity index (χ1n) is 34.4. The van der Waals surface area contributed by atoms with Crippen molar-refractivity contribution in [1.82, 2.24) is 66.2 Å². The number of rotatable bonds is 40. The van der Waals surface area contributed by atoms with Crippen molar-refractivity contribution < 1.29 is 139 Å². The highest BCUT2D eigenvalue weighted by Crippen LogP contribution is 2.33. The number of amides is 4. The Morgan fingerprint density at radius 3 is 1.03 bits per heavy atom. The third-order valence-electron chi connectivity index (χ3n) is 17.6. The minimum atomic E-state index is -2.41. The zero-order chi connectivity index (χ0) is 77.5. The van der Waals surface area contributed by atoms with Gasteiger partial charge in [-0.15, -0.1) is 15.3 Å². The van der Waals surface area contributed by atoms with E-state index in [4.69, 9.17) is 28.4 Å². The highest BCUT2D eigenvalue weighted by Gasteiger charge is 2.49. The highest BCUT2D eigenvalue weighted by molar-refractivity contribution is 5.78. The van der Waals surface area contributed by atoms with Crippen LogP contribution in [0.1, 0.15) is 159 Å². The maximum Gasteiger partial charge on any atom is 0.311 e. The summed E-state index contributed by atoms with van der Waals surface area (Å²) in [4.78, 5) is 104. The van der Waals surface area contributed by atoms with Gasteiger partial charge in [-0.3, -0.25) is 38.4 Å². The van der Waals surface area contributed by atoms with Crippen molar-refractivity contribution in [2.24, 2.45) is 0 Å². The molecule has 1 aromatic carbocycles. The fourth-order valence-electron chi connectivity index (χ4n) is 12.0. The van der Waals surface area contributed by atoms with Crippen LogP contribution < -0.4 is 26.0 Å². The molecule has 106 heavy (non-hydrogen) atoms. The first-order valence-corrected chi connectivity index (χ1v) is 34.4. The van der Waals surface area contributed by atoms with Gasteiger partial charge in [-0.05, 0) is 51.4 Å². The van der Waals surface area contributed by atoms with E-state index in [1.807, 2.05) is 0 Å². The molecule has 15 atom stereocenters. The number of aliphatic hydroxyl groups excluding tert-OH is 9. The topological polar surface area (TPSA) is 523 Å². The molecule has 3 aliphatic rings. The molecule has 590 valence electrons. The molecule has 0 spiro atoms. The van der Waals surface area contributed by atoms with Gasteiger partial charge in [0.15, 0.2) is 18.7 Å². The lowest BCUT2D eigenvalue weighted by molar-refractivity contribution is -0.219. The molecule has 3 aliphatic heterocycles. The van der Waals surface area contributed by atoms with Crippen LogP contribution in [0, 0.1) is 29.1 Å². The molecule has 37 nitrogen and oxygen atoms in total. The summed E-state index contributed by atoms with van der Waals surface area (Å²) in [6, 6.07) is -3.71. The van der Waals surface area contributed by atoms with E-state index in [0.29, 0.717) is 38.5 Å². The highest BCUT2D eigenvalue weighted by atomic mass is 19.2. The molecule has 3 saturated heterocycles. The minimum Gasteiger partial charge on any atom is -0.463 e. The van der Waals surface area contributed by atoms with Crippen LogP contribution >= 0.6 is 0 Å². The summed E-state index contributed by atoms with van der Waals surface area (Å²) in [6.45, 7) is -0.884. The molecule has 6 heterocycles. The van der Waals surface area contributed by atoms with Crippen LogP contribution in [0.4, 0.5) is 22.0 Å². The van der Waals surface area contributed by atoms with Gasteiger partial charge >= 0.3 is 23.9 Å². The Morgan fingerprint density at radius 2 is 0.717 bits per heavy atom. The van der Waals surface area contributed by atoms with Crippen molar-refractivity contribution >= 4 is 47.5 Å². The molecular formula is C64H90F5N13O24. The number of carbonyl (C=O) groups is 8. The van der Waals surface area contributed by atoms with Gasteiger partial charge in [-0.2, -0.15) is 8.78 Å². The van der Waals surface area contributed by atoms with Gasteiger partial charge < -0.3 is 100 Å². The Kier molecular flexibility index (Phi) is 32.4. The molecule has 42 heteroatoms. The van der Waals surface area contributed by atoms with E-state index >= 15 is 0 Å². The Bertz CT molecular complexity index is 3300. The van der Waals surface area contributed by atoms with Crippen molar-refractivity contribution in [2.45, 2.75) is 240 Å². The molecule has 0 bridgehead atoms. The third kappa shape index (κ3) is 23.5. The molecule has 4 aromatic rings. The first-order chi connectivity index (χ1) is 50.5. The number of halogens is 5. The lowest BCUT2D eigenvalue weighted by atomic mass is 9.96. The van der Waals surface area contributed by atoms with Crippen LogP contribution in [0.3, 0.4) is 0 Å². The van der Waals surface area contributed by atoms with Crippen molar-refractivity contribution in [3.8, 4) is 5.75 Å². The summed E-state index contributed by atoms with van der Waals surface area (Å²) in [5, 5.41) is 128. The number of aryl methyl sites for hydroxylation is 3. The SMILES string of the molecule is CC(=O)N[C@@H]1[C@@H](O)[C@@H](O)[C@@H](CO)O[C@H]1n1cc(CCCC(=O)OCC(COC(=O)CCCc2cn([C@@H]3O[C@H](CO)[C@H](O)[C@H](O)[C@H]3NC(C)=O)nn2)(COC(=O)CCCc2cn([C@@H]3O[C@H](CO)[C@H](O)[C@H](O)[C@H]3NC(C)=O)nn2)NC(=O)CCCCCCCCCCC(=O)Oc2c(F)c(F)c(F)c(F)c2F)nn1. The van der Waals surface area contributed by atoms with Crippen molar-refractivity contribution in [3.63, 3.8) is 0 Å². The number of nitrogens with zero attached hydrogens (tertiary/aromatic N) is 9. The van der Waals surface area contributed by atoms with E-state index < -0.39 is 226 Å². The molecule has 7 rings (SSSR count). The van der Waals surface area contributed by atoms with Gasteiger partial charge in [0.2, 0.25) is 58.5 Å². The molecule has 0 saturated carbocycles. The quantitative estimate of drug-likeness (QED) is 0.00430. The van der Waals surface area contributed by atoms with Gasteiger partial charge in [0.1, 0.15) is 98.4 Å². The zero-order valence-corrected chi connectivity index (χ0v) is 58.1. The second-order valence-electron chi connectivity index (χ2n) is 26.0. The van der Waals surface area contributed by atoms with Crippen molar-refractivity contribution in [1.29, 1.82) is 0 Å². The number of ether oxygens (including phenoxy) is 7. The van der Waals surface area contributed by atoms with Gasteiger partial charge in [-0.1, -0.05) is 54.2 Å². The molecule has 0 unspecified atom stereocenters. The van der Waals surface area contributed by atoms with E-state index in [2.05, 4.69) is 56.9 Å². The van der Waals surface area contributed by atoms with Gasteiger partial charge in [0, 0.05) is 52.9 Å². The Balaban J connectivity index is 1.02. The summed E-state index contributed by atoms with van der Waals surface area (Å²) < 4.78 is 111. The Hall–Kier alpha value is -8.43. The van der Waals surface area contributed by atoms with E-state index in [-0.39, 0.29) is 94.1 Å². The van der Waals surface area contributed by atoms with Crippen LogP contribution in [0.5, 0.6) is 5.75 Å². The number of nitrogens with one attached hydrogen (secondary N) is 4. The van der Waals surface area contributed by atoms with Crippen LogP contribution in [0.15, 0.2) is 18.6 Å². The number of aliphatic hydroxyl groups is 9. The number of unbranched alkanes of at least 4 members (excludes halogenated alkanes) is 7. The minimum absolute atomic E-state index is 0.0455. The average Bonchev–Trinajstić information content (AvgIpc) is 1.55. The summed E-state index contributed by atoms with van der Waals surface area (Å²) >= 11 is 0. The number of benzene rings is 1. The predicted octanol–water partition coefficient (Wildman–Crippen LogP) is -2.14. The summed E-state index contributed by atoms with van der Waals surface area (Å²) in [7, 11) is 0. The molecule has 4 amide bonds. The maximum absolute atomic E-state index is 14.1. The van der Waals surface area contributed by atoms with E-state index in [9.17, 15) is 106 Å². The largest absolute Gasteiger partial charge is 0.463 e. The number of carbonyl (C=O) groups excluding carboxylic acids is 8. The van der Waals surface area contributed by atoms with Crippen LogP contribution in [0.2, 0.25) is 0 Å². The van der Waals surface area contributed by atoms with E-state index in [0.717, 1.165) is 14.0 Å². The van der Waals surface area contributed by atoms with Crippen molar-refractivity contribution in [2.75, 3.05) is 39.6 Å². The van der Waals surface area contributed by atoms with Gasteiger partial charge in [0.05, 0.1) is 55.5 Å². The number of esters is 4. The first kappa shape index (κ1) is 84.8. The second kappa shape index (κ2) is 40.5. The van der Waals surface area contributed by atoms with Crippen molar-refractivity contribution in [3.05, 3.63) is 64.8 Å². The second-order valence-corrected chi connectivity index (χ2v) is 26.0. The summed E-state index contributed by atoms with van der Waals surface area (Å²) in [6.07, 6.45) is -10.3. The smallest absolute Gasteiger partial charge is 0.311 e. The Morgan fingerprint density at radius 1 is 0.425 bits per heavy atom. The molecular weight excluding hydrogens is 1430 g/mol. The fourth-order valence-corrected chi connectivity index (χ4v) is 12.0. The molecule has 0 aliphatic carbocycles. The number of aromatic nitrogens is 9. The molecule has 13 N–H and O–H groups in total. The standard InChI is InChI=1S/C64H90F5N13O24/c1-32(86)70-51-57(97)54(94)38(26-83)103-61(51)80-23-35(74-77-80)15-12-20-42(90)100-29-64(30-101-43(91)21-13-16-36-24-81(78-75-36)62-52(71-33(2)87)58(98)55(95)39(27-84)104-62,31-102-44(92)22-14-17-37-25-82(79-76-37)63-53(72-34(3)88)59(99)56(96)40(28-85)105-63)73-41(89)18-10-8-6-4-5-7-9-11-19-45(93)106-60-49(68)47(66)46(65)48(67)50(60)69/h23-25,38-40,51-59,61-63,83-85,94-99H,4-22,26-31H2,1-3H3,(H,70,86)(H,71,87)(H,72,88)(H,73,89)/t38-,39-,40-,51-,52-,53-,54+,55+,56+,57-,58-,59-,61-,62-,63-/m1/s1. The maximum atomic E-state index is 14.1. The van der Waals surface area contributed by atoms with Gasteiger partial charge in [-0.25, -0.2) is 27.2 Å². The lowest BCUT2D eigenvalue weighted by Crippen LogP contribution is -2.62. The van der Waals surface area contributed by atoms with Gasteiger partial charge in [0.25, 0.3) is 0 Å². The normalized spacial score (nSPS) is 24.6. The molecule has 3 aromatic heterocycles. The third-order valence-corrected chi connectivity index (χ3v) is 17.6. The number of hydrogen-bond donors (Lipinski definition) is 13. The monoisotopic (exact) mass is 1520 g/mol. The Labute approximate surface area is 601 Å². The van der Waals surface area contributed by atoms with Crippen LogP contribution in [-0.4, -0.2) is 257 Å². The molecule has 3 fully saturated rings. The lowest BCUT2D eigenvalue weighted by Gasteiger charge is -2.42. The number of hydrogen-bond acceptors (Lipinski definition) is 30. The van der Waals surface area contributed by atoms with Crippen LogP contribution in [0.25, 0.3) is 0 Å². The predicted molar refractivity (Wildman–Crippen MR) is 343 cm³/mol. The summed E-state index contributed by atoms with van der Waals surface area (Å²) in [5.41, 5.74) is -1.15. The summed E-state index contributed by atoms with van der Waals surface area (Å²) in [5.74, 6) is -19.4. The van der Waals surface area contributed by atoms with Crippen LogP contribution in [-0.2, 0) is 86.0 Å². The average molecular weight is 1520 g/mol. The fraction of sp³-hybridized carbons (Fsp3) is 0.688. The zero-order valence-electron chi connectivity index (χ0n) is 58.1. The van der Waals surface area contributed by atoms with E-state index in [1.165, 1.54) is 39.4 Å². The molecule has 0 radical (unpaired) electrons. The van der Waals surface area contributed by atoms with E-state index in [1.54, 1.807) is 0 Å².